The lowest BCUT2D eigenvalue weighted by atomic mass is 10.0. The summed E-state index contributed by atoms with van der Waals surface area (Å²) in [6, 6.07) is 15.4. The Kier molecular flexibility index (Phi) is 3.95. The van der Waals surface area contributed by atoms with Crippen molar-refractivity contribution in [1.82, 2.24) is 4.90 Å². The van der Waals surface area contributed by atoms with Crippen molar-refractivity contribution < 1.29 is 4.79 Å². The van der Waals surface area contributed by atoms with E-state index in [0.29, 0.717) is 12.1 Å². The first kappa shape index (κ1) is 14.4. The Morgan fingerprint density at radius 1 is 0.955 bits per heavy atom. The summed E-state index contributed by atoms with van der Waals surface area (Å²) in [4.78, 5) is 16.9. The van der Waals surface area contributed by atoms with Crippen molar-refractivity contribution in [3.63, 3.8) is 0 Å². The van der Waals surface area contributed by atoms with Gasteiger partial charge in [-0.1, -0.05) is 36.1 Å². The van der Waals surface area contributed by atoms with Crippen LogP contribution in [0.2, 0.25) is 0 Å². The minimum absolute atomic E-state index is 0.0129. The van der Waals surface area contributed by atoms with Crippen LogP contribution in [0.25, 0.3) is 0 Å². The van der Waals surface area contributed by atoms with Crippen molar-refractivity contribution >= 4 is 11.6 Å². The molecule has 0 aromatic heterocycles. The van der Waals surface area contributed by atoms with Crippen LogP contribution in [-0.2, 0) is 0 Å². The van der Waals surface area contributed by atoms with Crippen molar-refractivity contribution in [3.8, 4) is 11.8 Å². The Morgan fingerprint density at radius 3 is 2.36 bits per heavy atom. The van der Waals surface area contributed by atoms with E-state index in [1.165, 1.54) is 0 Å². The summed E-state index contributed by atoms with van der Waals surface area (Å²) in [5, 5.41) is 0. The number of amides is 1. The molecule has 1 amide bonds. The second-order valence-electron chi connectivity index (χ2n) is 5.57. The van der Waals surface area contributed by atoms with Crippen LogP contribution in [0.1, 0.15) is 21.5 Å². The Labute approximate surface area is 131 Å². The number of hydrogen-bond donors (Lipinski definition) is 0. The summed E-state index contributed by atoms with van der Waals surface area (Å²) in [7, 11) is 4.02. The van der Waals surface area contributed by atoms with Gasteiger partial charge in [-0.05, 0) is 38.4 Å². The van der Waals surface area contributed by atoms with E-state index in [-0.39, 0.29) is 5.91 Å². The van der Waals surface area contributed by atoms with Crippen LogP contribution in [0.3, 0.4) is 0 Å². The predicted molar refractivity (Wildman–Crippen MR) is 89.1 cm³/mol. The molecule has 0 atom stereocenters. The summed E-state index contributed by atoms with van der Waals surface area (Å²) >= 11 is 0. The van der Waals surface area contributed by atoms with Crippen molar-refractivity contribution in [3.05, 3.63) is 65.2 Å². The zero-order chi connectivity index (χ0) is 15.5. The molecule has 0 bridgehead atoms. The fourth-order valence-electron chi connectivity index (χ4n) is 2.50. The summed E-state index contributed by atoms with van der Waals surface area (Å²) in [5.41, 5.74) is 3.24. The van der Waals surface area contributed by atoms with Gasteiger partial charge >= 0.3 is 0 Å². The molecule has 2 aromatic carbocycles. The molecule has 22 heavy (non-hydrogen) atoms. The topological polar surface area (TPSA) is 23.6 Å². The summed E-state index contributed by atoms with van der Waals surface area (Å²) < 4.78 is 0. The molecule has 0 radical (unpaired) electrons. The maximum absolute atomic E-state index is 13.0. The molecular formula is C19H18N2O. The van der Waals surface area contributed by atoms with Gasteiger partial charge in [-0.2, -0.15) is 0 Å². The van der Waals surface area contributed by atoms with Gasteiger partial charge in [0.25, 0.3) is 5.91 Å². The molecule has 0 unspecified atom stereocenters. The van der Waals surface area contributed by atoms with Gasteiger partial charge in [-0.3, -0.25) is 4.79 Å². The first-order valence-electron chi connectivity index (χ1n) is 7.33. The minimum atomic E-state index is 0.0129. The van der Waals surface area contributed by atoms with Crippen molar-refractivity contribution in [2.24, 2.45) is 0 Å². The maximum Gasteiger partial charge on any atom is 0.259 e. The monoisotopic (exact) mass is 290 g/mol. The smallest absolute Gasteiger partial charge is 0.259 e. The molecule has 1 aliphatic heterocycles. The Hall–Kier alpha value is -2.57. The molecule has 1 heterocycles. The first-order valence-corrected chi connectivity index (χ1v) is 7.33. The lowest BCUT2D eigenvalue weighted by Gasteiger charge is -2.27. The lowest BCUT2D eigenvalue weighted by molar-refractivity contribution is 0.0985. The van der Waals surface area contributed by atoms with Gasteiger partial charge in [-0.15, -0.1) is 0 Å². The number of nitrogens with zero attached hydrogens (tertiary/aromatic N) is 2. The Bertz CT molecular complexity index is 768. The number of carbonyl (C=O) groups is 1. The Morgan fingerprint density at radius 2 is 1.59 bits per heavy atom. The third-order valence-electron chi connectivity index (χ3n) is 3.70. The van der Waals surface area contributed by atoms with Crippen LogP contribution < -0.4 is 4.90 Å². The molecule has 3 nitrogen and oxygen atoms in total. The van der Waals surface area contributed by atoms with Crippen LogP contribution in [0.5, 0.6) is 0 Å². The van der Waals surface area contributed by atoms with Gasteiger partial charge in [0, 0.05) is 24.2 Å². The Balaban J connectivity index is 2.13. The largest absolute Gasteiger partial charge is 0.308 e. The van der Waals surface area contributed by atoms with E-state index in [9.17, 15) is 4.79 Å². The molecular weight excluding hydrogens is 272 g/mol. The summed E-state index contributed by atoms with van der Waals surface area (Å²) in [6.45, 7) is 1.44. The molecule has 0 saturated carbocycles. The van der Waals surface area contributed by atoms with E-state index in [0.717, 1.165) is 23.4 Å². The highest BCUT2D eigenvalue weighted by Gasteiger charge is 2.22. The summed E-state index contributed by atoms with van der Waals surface area (Å²) in [6.07, 6.45) is 0. The van der Waals surface area contributed by atoms with E-state index in [1.807, 2.05) is 67.5 Å². The minimum Gasteiger partial charge on any atom is -0.308 e. The van der Waals surface area contributed by atoms with Crippen LogP contribution in [-0.4, -0.2) is 38.0 Å². The number of para-hydroxylation sites is 1. The third-order valence-corrected chi connectivity index (χ3v) is 3.70. The van der Waals surface area contributed by atoms with Crippen LogP contribution in [0.4, 0.5) is 5.69 Å². The number of benzene rings is 2. The van der Waals surface area contributed by atoms with Gasteiger partial charge in [0.2, 0.25) is 0 Å². The fraction of sp³-hybridized carbons (Fsp3) is 0.211. The molecule has 3 heteroatoms. The quantitative estimate of drug-likeness (QED) is 0.811. The first-order chi connectivity index (χ1) is 10.7. The van der Waals surface area contributed by atoms with Crippen molar-refractivity contribution in [1.29, 1.82) is 0 Å². The molecule has 0 aliphatic carbocycles. The highest BCUT2D eigenvalue weighted by atomic mass is 16.2. The van der Waals surface area contributed by atoms with Crippen molar-refractivity contribution in [2.75, 3.05) is 32.1 Å². The second-order valence-corrected chi connectivity index (χ2v) is 5.57. The van der Waals surface area contributed by atoms with E-state index in [2.05, 4.69) is 16.7 Å². The molecule has 3 rings (SSSR count). The van der Waals surface area contributed by atoms with Crippen LogP contribution in [0, 0.1) is 11.8 Å². The van der Waals surface area contributed by atoms with Gasteiger partial charge in [0.1, 0.15) is 0 Å². The molecule has 0 saturated heterocycles. The molecule has 1 aliphatic rings. The van der Waals surface area contributed by atoms with Gasteiger partial charge in [-0.25, -0.2) is 0 Å². The molecule has 2 aromatic rings. The standard InChI is InChI=1S/C19H18N2O/c1-20(2)13-14-21-18-10-6-4-8-16(18)12-11-15-7-3-5-9-17(15)19(21)22/h3-10H,13-14H2,1-2H3. The lowest BCUT2D eigenvalue weighted by Crippen LogP contribution is -2.37. The highest BCUT2D eigenvalue weighted by molar-refractivity contribution is 6.08. The van der Waals surface area contributed by atoms with Gasteiger partial charge < -0.3 is 9.80 Å². The number of fused-ring (bicyclic) bond motifs is 2. The second kappa shape index (κ2) is 6.05. The fourth-order valence-corrected chi connectivity index (χ4v) is 2.50. The number of carbonyl (C=O) groups excluding carboxylic acids is 1. The number of anilines is 1. The zero-order valence-corrected chi connectivity index (χ0v) is 12.8. The SMILES string of the molecule is CN(C)CCN1C(=O)c2ccccc2C#Cc2ccccc21. The molecule has 0 fully saturated rings. The van der Waals surface area contributed by atoms with Gasteiger partial charge in [0.15, 0.2) is 0 Å². The van der Waals surface area contributed by atoms with E-state index >= 15 is 0 Å². The van der Waals surface area contributed by atoms with Crippen LogP contribution >= 0.6 is 0 Å². The maximum atomic E-state index is 13.0. The normalized spacial score (nSPS) is 12.9. The number of likely N-dealkylation sites (N-methyl/N-ethyl adjacent to an activating group) is 1. The third kappa shape index (κ3) is 2.74. The molecule has 0 N–H and O–H groups in total. The van der Waals surface area contributed by atoms with E-state index in [1.54, 1.807) is 0 Å². The number of rotatable bonds is 3. The number of hydrogen-bond acceptors (Lipinski definition) is 2. The van der Waals surface area contributed by atoms with E-state index in [4.69, 9.17) is 0 Å². The van der Waals surface area contributed by atoms with Crippen molar-refractivity contribution in [2.45, 2.75) is 0 Å². The zero-order valence-electron chi connectivity index (χ0n) is 12.8. The highest BCUT2D eigenvalue weighted by Crippen LogP contribution is 2.24. The average molecular weight is 290 g/mol. The molecule has 0 spiro atoms. The predicted octanol–water partition coefficient (Wildman–Crippen LogP) is 2.61. The van der Waals surface area contributed by atoms with E-state index < -0.39 is 0 Å². The van der Waals surface area contributed by atoms with Crippen LogP contribution in [0.15, 0.2) is 48.5 Å². The summed E-state index contributed by atoms with van der Waals surface area (Å²) in [5.74, 6) is 6.34. The van der Waals surface area contributed by atoms with Gasteiger partial charge in [0.05, 0.1) is 11.3 Å². The average Bonchev–Trinajstić information content (AvgIpc) is 2.52. The molecule has 110 valence electrons.